The van der Waals surface area contributed by atoms with Crippen LogP contribution in [0.3, 0.4) is 0 Å². The van der Waals surface area contributed by atoms with Crippen LogP contribution in [0.2, 0.25) is 0 Å². The van der Waals surface area contributed by atoms with Gasteiger partial charge >= 0.3 is 5.97 Å². The quantitative estimate of drug-likeness (QED) is 0.612. The predicted octanol–water partition coefficient (Wildman–Crippen LogP) is 3.52. The molecule has 6 heteroatoms. The van der Waals surface area contributed by atoms with Gasteiger partial charge in [0.25, 0.3) is 0 Å². The zero-order chi connectivity index (χ0) is 12.8. The molecular formula is C11H11BrF2O2S. The molecule has 0 heterocycles. The average Bonchev–Trinajstić information content (AvgIpc) is 2.29. The molecule has 1 rings (SSSR count). The molecule has 1 aromatic rings. The van der Waals surface area contributed by atoms with Crippen LogP contribution in [0, 0.1) is 11.6 Å². The van der Waals surface area contributed by atoms with Crippen molar-refractivity contribution in [3.63, 3.8) is 0 Å². The summed E-state index contributed by atoms with van der Waals surface area (Å²) in [5.41, 5.74) is -0.0336. The van der Waals surface area contributed by atoms with E-state index in [2.05, 4.69) is 15.9 Å². The molecule has 0 radical (unpaired) electrons. The van der Waals surface area contributed by atoms with Gasteiger partial charge in [-0.25, -0.2) is 8.78 Å². The number of benzene rings is 1. The van der Waals surface area contributed by atoms with Gasteiger partial charge in [0.2, 0.25) is 0 Å². The lowest BCUT2D eigenvalue weighted by molar-refractivity contribution is -0.139. The molecule has 0 saturated carbocycles. The molecule has 0 unspecified atom stereocenters. The highest BCUT2D eigenvalue weighted by atomic mass is 79.9. The topological polar surface area (TPSA) is 26.3 Å². The van der Waals surface area contributed by atoms with Crippen molar-refractivity contribution < 1.29 is 18.3 Å². The molecule has 0 fully saturated rings. The zero-order valence-electron chi connectivity index (χ0n) is 9.13. The van der Waals surface area contributed by atoms with Crippen LogP contribution in [-0.2, 0) is 15.3 Å². The summed E-state index contributed by atoms with van der Waals surface area (Å²) in [6.45, 7) is 2.01. The van der Waals surface area contributed by atoms with Crippen molar-refractivity contribution >= 4 is 33.7 Å². The fourth-order valence-corrected chi connectivity index (χ4v) is 2.33. The maximum Gasteiger partial charge on any atom is 0.315 e. The van der Waals surface area contributed by atoms with E-state index in [1.807, 2.05) is 0 Å². The Morgan fingerprint density at radius 2 is 2.18 bits per heavy atom. The standard InChI is InChI=1S/C11H11BrF2O2S/c1-2-16-10(15)6-17-5-7-9(13)4-3-8(12)11(7)14/h3-4H,2,5-6H2,1H3. The molecule has 1 aromatic carbocycles. The van der Waals surface area contributed by atoms with E-state index in [9.17, 15) is 13.6 Å². The number of ether oxygens (including phenoxy) is 1. The van der Waals surface area contributed by atoms with Gasteiger partial charge < -0.3 is 4.74 Å². The number of thioether (sulfide) groups is 1. The molecule has 2 nitrogen and oxygen atoms in total. The summed E-state index contributed by atoms with van der Waals surface area (Å²) in [5.74, 6) is -1.44. The number of hydrogen-bond acceptors (Lipinski definition) is 3. The van der Waals surface area contributed by atoms with Crippen LogP contribution >= 0.6 is 27.7 Å². The third-order valence-corrected chi connectivity index (χ3v) is 3.46. The lowest BCUT2D eigenvalue weighted by Crippen LogP contribution is -2.07. The maximum atomic E-state index is 13.5. The summed E-state index contributed by atoms with van der Waals surface area (Å²) in [6.07, 6.45) is 0. The van der Waals surface area contributed by atoms with E-state index in [-0.39, 0.29) is 27.5 Å². The normalized spacial score (nSPS) is 10.4. The van der Waals surface area contributed by atoms with Crippen LogP contribution in [0.5, 0.6) is 0 Å². The first-order valence-corrected chi connectivity index (χ1v) is 6.86. The number of esters is 1. The third kappa shape index (κ3) is 4.27. The van der Waals surface area contributed by atoms with Gasteiger partial charge in [-0.05, 0) is 35.0 Å². The Bertz CT molecular complexity index is 413. The molecule has 0 atom stereocenters. The van der Waals surface area contributed by atoms with E-state index in [1.54, 1.807) is 6.92 Å². The minimum atomic E-state index is -0.624. The molecule has 0 amide bonds. The van der Waals surface area contributed by atoms with E-state index >= 15 is 0 Å². The van der Waals surface area contributed by atoms with Crippen molar-refractivity contribution in [2.24, 2.45) is 0 Å². The van der Waals surface area contributed by atoms with E-state index in [0.29, 0.717) is 6.61 Å². The van der Waals surface area contributed by atoms with Crippen molar-refractivity contribution in [2.75, 3.05) is 12.4 Å². The molecule has 94 valence electrons. The number of rotatable bonds is 5. The second kappa shape index (κ2) is 6.96. The lowest BCUT2D eigenvalue weighted by Gasteiger charge is -2.06. The van der Waals surface area contributed by atoms with E-state index < -0.39 is 11.6 Å². The minimum Gasteiger partial charge on any atom is -0.465 e. The molecule has 0 spiro atoms. The second-order valence-corrected chi connectivity index (χ2v) is 4.96. The first-order valence-electron chi connectivity index (χ1n) is 4.92. The van der Waals surface area contributed by atoms with E-state index in [1.165, 1.54) is 12.1 Å². The largest absolute Gasteiger partial charge is 0.465 e. The number of carbonyl (C=O) groups excluding carboxylic acids is 1. The second-order valence-electron chi connectivity index (χ2n) is 3.12. The van der Waals surface area contributed by atoms with Crippen molar-refractivity contribution in [2.45, 2.75) is 12.7 Å². The summed E-state index contributed by atoms with van der Waals surface area (Å²) in [6, 6.07) is 2.50. The van der Waals surface area contributed by atoms with Gasteiger partial charge in [0.05, 0.1) is 16.8 Å². The van der Waals surface area contributed by atoms with Gasteiger partial charge in [-0.15, -0.1) is 11.8 Å². The Morgan fingerprint density at radius 1 is 1.47 bits per heavy atom. The first kappa shape index (κ1) is 14.4. The van der Waals surface area contributed by atoms with Crippen LogP contribution in [0.25, 0.3) is 0 Å². The molecule has 0 aliphatic rings. The highest BCUT2D eigenvalue weighted by Gasteiger charge is 2.13. The number of hydrogen-bond donors (Lipinski definition) is 0. The Labute approximate surface area is 111 Å². The SMILES string of the molecule is CCOC(=O)CSCc1c(F)ccc(Br)c1F. The highest BCUT2D eigenvalue weighted by Crippen LogP contribution is 2.25. The summed E-state index contributed by atoms with van der Waals surface area (Å²) in [4.78, 5) is 11.0. The van der Waals surface area contributed by atoms with Crippen LogP contribution in [-0.4, -0.2) is 18.3 Å². The van der Waals surface area contributed by atoms with E-state index in [0.717, 1.165) is 11.8 Å². The monoisotopic (exact) mass is 324 g/mol. The third-order valence-electron chi connectivity index (χ3n) is 1.91. The highest BCUT2D eigenvalue weighted by molar-refractivity contribution is 9.10. The van der Waals surface area contributed by atoms with Crippen molar-refractivity contribution in [1.29, 1.82) is 0 Å². The van der Waals surface area contributed by atoms with Gasteiger partial charge in [-0.3, -0.25) is 4.79 Å². The van der Waals surface area contributed by atoms with Gasteiger partial charge in [0.15, 0.2) is 0 Å². The molecule has 0 N–H and O–H groups in total. The Hall–Kier alpha value is -0.620. The van der Waals surface area contributed by atoms with E-state index in [4.69, 9.17) is 4.74 Å². The van der Waals surface area contributed by atoms with Crippen LogP contribution < -0.4 is 0 Å². The van der Waals surface area contributed by atoms with Crippen molar-refractivity contribution in [3.8, 4) is 0 Å². The summed E-state index contributed by atoms with van der Waals surface area (Å²) >= 11 is 4.10. The summed E-state index contributed by atoms with van der Waals surface area (Å²) in [7, 11) is 0. The van der Waals surface area contributed by atoms with Crippen LogP contribution in [0.1, 0.15) is 12.5 Å². The smallest absolute Gasteiger partial charge is 0.315 e. The number of halogens is 3. The van der Waals surface area contributed by atoms with Crippen LogP contribution in [0.15, 0.2) is 16.6 Å². The molecule has 0 aliphatic carbocycles. The van der Waals surface area contributed by atoms with Gasteiger partial charge in [-0.2, -0.15) is 0 Å². The van der Waals surface area contributed by atoms with Gasteiger partial charge in [-0.1, -0.05) is 0 Å². The minimum absolute atomic E-state index is 0.0336. The zero-order valence-corrected chi connectivity index (χ0v) is 11.5. The average molecular weight is 325 g/mol. The summed E-state index contributed by atoms with van der Waals surface area (Å²) < 4.78 is 31.8. The lowest BCUT2D eigenvalue weighted by atomic mass is 10.2. The van der Waals surface area contributed by atoms with Crippen molar-refractivity contribution in [1.82, 2.24) is 0 Å². The number of carbonyl (C=O) groups is 1. The first-order chi connectivity index (χ1) is 8.06. The molecule has 0 bridgehead atoms. The fraction of sp³-hybridized carbons (Fsp3) is 0.364. The van der Waals surface area contributed by atoms with Gasteiger partial charge in [0.1, 0.15) is 11.6 Å². The van der Waals surface area contributed by atoms with Crippen molar-refractivity contribution in [3.05, 3.63) is 33.8 Å². The molecule has 0 aliphatic heterocycles. The Morgan fingerprint density at radius 3 is 2.82 bits per heavy atom. The molecular weight excluding hydrogens is 314 g/mol. The molecule has 17 heavy (non-hydrogen) atoms. The predicted molar refractivity (Wildman–Crippen MR) is 66.9 cm³/mol. The summed E-state index contributed by atoms with van der Waals surface area (Å²) in [5, 5.41) is 0. The molecule has 0 aromatic heterocycles. The molecule has 0 saturated heterocycles. The Balaban J connectivity index is 2.58. The maximum absolute atomic E-state index is 13.5. The fourth-order valence-electron chi connectivity index (χ4n) is 1.14. The van der Waals surface area contributed by atoms with Crippen LogP contribution in [0.4, 0.5) is 8.78 Å². The van der Waals surface area contributed by atoms with Gasteiger partial charge in [0, 0.05) is 11.3 Å². The Kier molecular flexibility index (Phi) is 5.91.